The fraction of sp³-hybridized carbons (Fsp3) is 0.308. The lowest BCUT2D eigenvalue weighted by Crippen LogP contribution is -1.96. The van der Waals surface area contributed by atoms with Gasteiger partial charge in [-0.25, -0.2) is 0 Å². The number of hydrogen-bond donors (Lipinski definition) is 0. The van der Waals surface area contributed by atoms with Gasteiger partial charge in [0.15, 0.2) is 5.16 Å². The molecule has 0 aliphatic heterocycles. The first kappa shape index (κ1) is 14.1. The van der Waals surface area contributed by atoms with E-state index in [1.165, 1.54) is 24.4 Å². The monoisotopic (exact) mass is 295 g/mol. The average Bonchev–Trinajstić information content (AvgIpc) is 2.38. The third-order valence-electron chi connectivity index (χ3n) is 2.51. The van der Waals surface area contributed by atoms with Crippen molar-refractivity contribution in [2.45, 2.75) is 29.8 Å². The van der Waals surface area contributed by atoms with Gasteiger partial charge in [0.25, 0.3) is 0 Å². The Bertz CT molecular complexity index is 560. The number of ether oxygens (including phenoxy) is 1. The molecule has 0 saturated heterocycles. The maximum atomic E-state index is 5.81. The van der Waals surface area contributed by atoms with Crippen molar-refractivity contribution in [3.8, 4) is 6.01 Å². The van der Waals surface area contributed by atoms with Crippen molar-refractivity contribution in [1.82, 2.24) is 15.0 Å². The highest BCUT2D eigenvalue weighted by Crippen LogP contribution is 2.27. The molecule has 0 spiro atoms. The first-order valence-electron chi connectivity index (χ1n) is 5.82. The fourth-order valence-electron chi connectivity index (χ4n) is 1.48. The molecule has 0 fully saturated rings. The van der Waals surface area contributed by atoms with Gasteiger partial charge in [-0.05, 0) is 47.0 Å². The van der Waals surface area contributed by atoms with Gasteiger partial charge in [-0.15, -0.1) is 0 Å². The van der Waals surface area contributed by atoms with Crippen LogP contribution < -0.4 is 4.74 Å². The summed E-state index contributed by atoms with van der Waals surface area (Å²) in [6, 6.07) is 8.52. The molecule has 19 heavy (non-hydrogen) atoms. The van der Waals surface area contributed by atoms with Crippen LogP contribution in [0.5, 0.6) is 6.01 Å². The highest BCUT2D eigenvalue weighted by atomic mass is 35.5. The summed E-state index contributed by atoms with van der Waals surface area (Å²) < 4.78 is 4.96. The van der Waals surface area contributed by atoms with Crippen molar-refractivity contribution in [2.24, 2.45) is 0 Å². The second kappa shape index (κ2) is 6.21. The van der Waals surface area contributed by atoms with E-state index in [9.17, 15) is 0 Å². The van der Waals surface area contributed by atoms with Gasteiger partial charge in [0.05, 0.1) is 7.11 Å². The van der Waals surface area contributed by atoms with E-state index in [1.54, 1.807) is 0 Å². The van der Waals surface area contributed by atoms with Crippen LogP contribution in [0.4, 0.5) is 0 Å². The van der Waals surface area contributed by atoms with Crippen LogP contribution >= 0.6 is 23.4 Å². The van der Waals surface area contributed by atoms with E-state index >= 15 is 0 Å². The minimum atomic E-state index is 0.133. The van der Waals surface area contributed by atoms with E-state index in [1.807, 2.05) is 12.1 Å². The van der Waals surface area contributed by atoms with Gasteiger partial charge >= 0.3 is 6.01 Å². The van der Waals surface area contributed by atoms with Gasteiger partial charge in [0.1, 0.15) is 0 Å². The van der Waals surface area contributed by atoms with Gasteiger partial charge in [-0.3, -0.25) is 0 Å². The molecule has 2 aromatic rings. The molecular weight excluding hydrogens is 282 g/mol. The predicted octanol–water partition coefficient (Wildman–Crippen LogP) is 3.81. The van der Waals surface area contributed by atoms with Crippen LogP contribution in [-0.2, 0) is 0 Å². The summed E-state index contributed by atoms with van der Waals surface area (Å²) in [4.78, 5) is 13.1. The van der Waals surface area contributed by atoms with Gasteiger partial charge in [0, 0.05) is 4.90 Å². The van der Waals surface area contributed by atoms with E-state index in [0.717, 1.165) is 4.90 Å². The van der Waals surface area contributed by atoms with Gasteiger partial charge < -0.3 is 4.74 Å². The highest BCUT2D eigenvalue weighted by Gasteiger charge is 2.07. The van der Waals surface area contributed by atoms with Crippen molar-refractivity contribution >= 4 is 23.4 Å². The van der Waals surface area contributed by atoms with Crippen molar-refractivity contribution in [1.29, 1.82) is 0 Å². The normalized spacial score (nSPS) is 10.8. The van der Waals surface area contributed by atoms with E-state index in [0.29, 0.717) is 11.1 Å². The quantitative estimate of drug-likeness (QED) is 0.858. The first-order valence-corrected chi connectivity index (χ1v) is 7.01. The molecule has 0 unspecified atom stereocenters. The zero-order valence-electron chi connectivity index (χ0n) is 10.9. The van der Waals surface area contributed by atoms with Gasteiger partial charge in [-0.1, -0.05) is 26.0 Å². The fourth-order valence-corrected chi connectivity index (χ4v) is 2.42. The first-order chi connectivity index (χ1) is 9.08. The van der Waals surface area contributed by atoms with Crippen molar-refractivity contribution in [3.05, 3.63) is 35.1 Å². The molecule has 2 rings (SSSR count). The highest BCUT2D eigenvalue weighted by molar-refractivity contribution is 7.99. The molecule has 1 aromatic heterocycles. The topological polar surface area (TPSA) is 47.9 Å². The molecule has 1 aromatic carbocycles. The molecule has 0 bridgehead atoms. The Balaban J connectivity index is 2.18. The van der Waals surface area contributed by atoms with Crippen molar-refractivity contribution < 1.29 is 4.74 Å². The lowest BCUT2D eigenvalue weighted by atomic mass is 10.0. The van der Waals surface area contributed by atoms with E-state index in [4.69, 9.17) is 16.3 Å². The molecule has 0 amide bonds. The molecule has 0 radical (unpaired) electrons. The van der Waals surface area contributed by atoms with Gasteiger partial charge in [-0.2, -0.15) is 15.0 Å². The Labute approximate surface area is 121 Å². The average molecular weight is 296 g/mol. The van der Waals surface area contributed by atoms with Crippen LogP contribution in [0.1, 0.15) is 25.3 Å². The number of aromatic nitrogens is 3. The summed E-state index contributed by atoms with van der Waals surface area (Å²) in [6.45, 7) is 4.33. The largest absolute Gasteiger partial charge is 0.467 e. The second-order valence-electron chi connectivity index (χ2n) is 4.20. The maximum absolute atomic E-state index is 5.81. The molecule has 0 atom stereocenters. The molecule has 0 saturated carbocycles. The summed E-state index contributed by atoms with van der Waals surface area (Å²) in [6.07, 6.45) is 0. The van der Waals surface area contributed by atoms with E-state index in [2.05, 4.69) is 40.9 Å². The Hall–Kier alpha value is -1.33. The number of hydrogen-bond acceptors (Lipinski definition) is 5. The number of halogens is 1. The summed E-state index contributed by atoms with van der Waals surface area (Å²) in [5.74, 6) is 0.519. The van der Waals surface area contributed by atoms with Crippen LogP contribution in [0, 0.1) is 0 Å². The van der Waals surface area contributed by atoms with Crippen LogP contribution in [0.15, 0.2) is 34.3 Å². The lowest BCUT2D eigenvalue weighted by molar-refractivity contribution is 0.373. The summed E-state index contributed by atoms with van der Waals surface area (Å²) >= 11 is 7.23. The molecule has 6 heteroatoms. The lowest BCUT2D eigenvalue weighted by Gasteiger charge is -2.06. The van der Waals surface area contributed by atoms with Crippen LogP contribution in [-0.4, -0.2) is 22.1 Å². The molecule has 0 aliphatic carbocycles. The third-order valence-corrected chi connectivity index (χ3v) is 3.55. The molecule has 1 heterocycles. The number of nitrogens with zero attached hydrogens (tertiary/aromatic N) is 3. The SMILES string of the molecule is COc1nc(Cl)nc(Sc2ccc(C(C)C)cc2)n1. The standard InChI is InChI=1S/C13H14ClN3OS/c1-8(2)9-4-6-10(7-5-9)19-13-16-11(14)15-12(17-13)18-3/h4-8H,1-3H3. The number of methoxy groups -OCH3 is 1. The molecule has 0 N–H and O–H groups in total. The van der Waals surface area contributed by atoms with Crippen LogP contribution in [0.2, 0.25) is 5.28 Å². The smallest absolute Gasteiger partial charge is 0.321 e. The van der Waals surface area contributed by atoms with Crippen molar-refractivity contribution in [2.75, 3.05) is 7.11 Å². The predicted molar refractivity (Wildman–Crippen MR) is 76.0 cm³/mol. The summed E-state index contributed by atoms with van der Waals surface area (Å²) in [5.41, 5.74) is 1.30. The Morgan fingerprint density at radius 3 is 2.37 bits per heavy atom. The Morgan fingerprint density at radius 2 is 1.79 bits per heavy atom. The van der Waals surface area contributed by atoms with E-state index < -0.39 is 0 Å². The Kier molecular flexibility index (Phi) is 4.61. The number of benzene rings is 1. The summed E-state index contributed by atoms with van der Waals surface area (Å²) in [5, 5.41) is 0.655. The third kappa shape index (κ3) is 3.81. The summed E-state index contributed by atoms with van der Waals surface area (Å²) in [7, 11) is 1.50. The Morgan fingerprint density at radius 1 is 1.11 bits per heavy atom. The maximum Gasteiger partial charge on any atom is 0.321 e. The van der Waals surface area contributed by atoms with Crippen LogP contribution in [0.3, 0.4) is 0 Å². The van der Waals surface area contributed by atoms with Gasteiger partial charge in [0.2, 0.25) is 5.28 Å². The van der Waals surface area contributed by atoms with E-state index in [-0.39, 0.29) is 11.3 Å². The minimum absolute atomic E-state index is 0.133. The molecule has 100 valence electrons. The zero-order valence-corrected chi connectivity index (χ0v) is 12.5. The van der Waals surface area contributed by atoms with Crippen molar-refractivity contribution in [3.63, 3.8) is 0 Å². The molecular formula is C13H14ClN3OS. The van der Waals surface area contributed by atoms with Crippen LogP contribution in [0.25, 0.3) is 0 Å². The number of rotatable bonds is 4. The molecule has 4 nitrogen and oxygen atoms in total. The minimum Gasteiger partial charge on any atom is -0.467 e. The second-order valence-corrected chi connectivity index (χ2v) is 5.58. The molecule has 0 aliphatic rings. The zero-order chi connectivity index (χ0) is 13.8.